The maximum atomic E-state index is 12.3. The number of nitrogens with zero attached hydrogens (tertiary/aromatic N) is 1. The summed E-state index contributed by atoms with van der Waals surface area (Å²) in [5.74, 6) is 0.874. The van der Waals surface area contributed by atoms with Gasteiger partial charge in [-0.3, -0.25) is 4.79 Å². The summed E-state index contributed by atoms with van der Waals surface area (Å²) in [7, 11) is 0. The second kappa shape index (κ2) is 4.97. The highest BCUT2D eigenvalue weighted by Crippen LogP contribution is 2.33. The normalized spacial score (nSPS) is 22.7. The van der Waals surface area contributed by atoms with Gasteiger partial charge in [0.2, 0.25) is 5.91 Å². The number of benzene rings is 1. The van der Waals surface area contributed by atoms with Gasteiger partial charge in [-0.15, -0.1) is 0 Å². The van der Waals surface area contributed by atoms with Crippen molar-refractivity contribution in [3.05, 3.63) is 28.8 Å². The number of hydrogen-bond acceptors (Lipinski definition) is 2. The van der Waals surface area contributed by atoms with E-state index < -0.39 is 0 Å². The van der Waals surface area contributed by atoms with Gasteiger partial charge in [0, 0.05) is 12.2 Å². The van der Waals surface area contributed by atoms with Crippen molar-refractivity contribution in [2.45, 2.75) is 33.1 Å². The number of aryl methyl sites for hydroxylation is 2. The standard InChI is InChI=1S/C16H22N2O/c1-11-6-12(2)14-8-16(19)18(15(14)7-11)10-13-4-3-5-17-9-13/h6-7,13,17H,3-5,8-10H2,1-2H3. The first-order chi connectivity index (χ1) is 9.15. The summed E-state index contributed by atoms with van der Waals surface area (Å²) in [6.07, 6.45) is 3.05. The van der Waals surface area contributed by atoms with Crippen LogP contribution in [0.3, 0.4) is 0 Å². The Hall–Kier alpha value is -1.35. The van der Waals surface area contributed by atoms with E-state index in [0.29, 0.717) is 12.3 Å². The number of nitrogens with one attached hydrogen (secondary N) is 1. The van der Waals surface area contributed by atoms with E-state index in [1.54, 1.807) is 0 Å². The Morgan fingerprint density at radius 2 is 2.21 bits per heavy atom. The summed E-state index contributed by atoms with van der Waals surface area (Å²) in [6, 6.07) is 4.35. The smallest absolute Gasteiger partial charge is 0.231 e. The molecule has 1 fully saturated rings. The number of anilines is 1. The van der Waals surface area contributed by atoms with Crippen LogP contribution in [-0.4, -0.2) is 25.5 Å². The molecule has 19 heavy (non-hydrogen) atoms. The number of hydrogen-bond donors (Lipinski definition) is 1. The Morgan fingerprint density at radius 1 is 1.37 bits per heavy atom. The second-order valence-corrected chi connectivity index (χ2v) is 5.97. The van der Waals surface area contributed by atoms with Gasteiger partial charge in [-0.25, -0.2) is 0 Å². The lowest BCUT2D eigenvalue weighted by Gasteiger charge is -2.28. The molecule has 1 N–H and O–H groups in total. The van der Waals surface area contributed by atoms with Crippen LogP contribution in [0, 0.1) is 19.8 Å². The van der Waals surface area contributed by atoms with Crippen molar-refractivity contribution in [3.8, 4) is 0 Å². The fourth-order valence-corrected chi connectivity index (χ4v) is 3.37. The molecule has 0 aromatic heterocycles. The molecule has 0 saturated carbocycles. The number of piperidine rings is 1. The van der Waals surface area contributed by atoms with Crippen molar-refractivity contribution < 1.29 is 4.79 Å². The summed E-state index contributed by atoms with van der Waals surface area (Å²) >= 11 is 0. The highest BCUT2D eigenvalue weighted by atomic mass is 16.2. The molecule has 1 aromatic carbocycles. The van der Waals surface area contributed by atoms with Gasteiger partial charge >= 0.3 is 0 Å². The number of rotatable bonds is 2. The van der Waals surface area contributed by atoms with Crippen LogP contribution in [0.2, 0.25) is 0 Å². The van der Waals surface area contributed by atoms with Gasteiger partial charge in [0.25, 0.3) is 0 Å². The zero-order valence-electron chi connectivity index (χ0n) is 11.8. The van der Waals surface area contributed by atoms with Gasteiger partial charge in [0.1, 0.15) is 0 Å². The Balaban J connectivity index is 1.85. The van der Waals surface area contributed by atoms with Crippen LogP contribution in [0.15, 0.2) is 12.1 Å². The second-order valence-electron chi connectivity index (χ2n) is 5.97. The predicted octanol–water partition coefficient (Wildman–Crippen LogP) is 2.19. The van der Waals surface area contributed by atoms with E-state index in [4.69, 9.17) is 0 Å². The lowest BCUT2D eigenvalue weighted by Crippen LogP contribution is -2.39. The Morgan fingerprint density at radius 3 is 2.95 bits per heavy atom. The lowest BCUT2D eigenvalue weighted by atomic mass is 9.98. The van der Waals surface area contributed by atoms with Crippen molar-refractivity contribution in [3.63, 3.8) is 0 Å². The maximum absolute atomic E-state index is 12.3. The maximum Gasteiger partial charge on any atom is 0.231 e. The van der Waals surface area contributed by atoms with Crippen molar-refractivity contribution in [1.29, 1.82) is 0 Å². The fraction of sp³-hybridized carbons (Fsp3) is 0.562. The first kappa shape index (κ1) is 12.7. The van der Waals surface area contributed by atoms with E-state index in [1.807, 2.05) is 4.90 Å². The number of amides is 1. The number of carbonyl (C=O) groups is 1. The third kappa shape index (κ3) is 2.39. The number of carbonyl (C=O) groups excluding carboxylic acids is 1. The molecule has 1 amide bonds. The molecule has 3 rings (SSSR count). The van der Waals surface area contributed by atoms with Gasteiger partial charge in [0.05, 0.1) is 6.42 Å². The van der Waals surface area contributed by atoms with Crippen LogP contribution in [0.25, 0.3) is 0 Å². The molecule has 1 saturated heterocycles. The molecule has 3 heteroatoms. The molecule has 3 nitrogen and oxygen atoms in total. The monoisotopic (exact) mass is 258 g/mol. The molecule has 0 bridgehead atoms. The van der Waals surface area contributed by atoms with E-state index in [1.165, 1.54) is 29.5 Å². The van der Waals surface area contributed by atoms with Crippen LogP contribution in [0.4, 0.5) is 5.69 Å². The average Bonchev–Trinajstić information content (AvgIpc) is 2.69. The molecular formula is C16H22N2O. The fourth-order valence-electron chi connectivity index (χ4n) is 3.37. The Bertz CT molecular complexity index is 504. The lowest BCUT2D eigenvalue weighted by molar-refractivity contribution is -0.117. The first-order valence-corrected chi connectivity index (χ1v) is 7.26. The highest BCUT2D eigenvalue weighted by Gasteiger charge is 2.30. The molecule has 0 radical (unpaired) electrons. The van der Waals surface area contributed by atoms with Crippen molar-refractivity contribution in [2.75, 3.05) is 24.5 Å². The molecule has 2 heterocycles. The number of fused-ring (bicyclic) bond motifs is 1. The minimum absolute atomic E-state index is 0.272. The molecule has 102 valence electrons. The van der Waals surface area contributed by atoms with Gasteiger partial charge in [-0.2, -0.15) is 0 Å². The van der Waals surface area contributed by atoms with Gasteiger partial charge < -0.3 is 10.2 Å². The summed E-state index contributed by atoms with van der Waals surface area (Å²) < 4.78 is 0. The topological polar surface area (TPSA) is 32.3 Å². The zero-order chi connectivity index (χ0) is 13.4. The molecular weight excluding hydrogens is 236 g/mol. The van der Waals surface area contributed by atoms with E-state index in [9.17, 15) is 4.79 Å². The quantitative estimate of drug-likeness (QED) is 0.882. The zero-order valence-corrected chi connectivity index (χ0v) is 11.8. The molecule has 1 atom stereocenters. The molecule has 2 aliphatic rings. The molecule has 1 unspecified atom stereocenters. The highest BCUT2D eigenvalue weighted by molar-refractivity contribution is 6.02. The minimum atomic E-state index is 0.272. The van der Waals surface area contributed by atoms with E-state index in [-0.39, 0.29) is 5.91 Å². The molecule has 0 spiro atoms. The van der Waals surface area contributed by atoms with E-state index in [2.05, 4.69) is 31.3 Å². The first-order valence-electron chi connectivity index (χ1n) is 7.26. The SMILES string of the molecule is Cc1cc(C)c2c(c1)N(CC1CCCNC1)C(=O)C2. The van der Waals surface area contributed by atoms with Crippen molar-refractivity contribution >= 4 is 11.6 Å². The molecule has 1 aromatic rings. The predicted molar refractivity (Wildman–Crippen MR) is 77.6 cm³/mol. The van der Waals surface area contributed by atoms with Gasteiger partial charge in [-0.05, 0) is 68.5 Å². The minimum Gasteiger partial charge on any atom is -0.316 e. The summed E-state index contributed by atoms with van der Waals surface area (Å²) in [6.45, 7) is 7.27. The summed E-state index contributed by atoms with van der Waals surface area (Å²) in [5.41, 5.74) is 4.90. The van der Waals surface area contributed by atoms with Crippen LogP contribution in [0.5, 0.6) is 0 Å². The molecule has 2 aliphatic heterocycles. The van der Waals surface area contributed by atoms with Gasteiger partial charge in [-0.1, -0.05) is 6.07 Å². The van der Waals surface area contributed by atoms with Crippen molar-refractivity contribution in [1.82, 2.24) is 5.32 Å². The van der Waals surface area contributed by atoms with Gasteiger partial charge in [0.15, 0.2) is 0 Å². The summed E-state index contributed by atoms with van der Waals surface area (Å²) in [4.78, 5) is 14.3. The largest absolute Gasteiger partial charge is 0.316 e. The third-order valence-electron chi connectivity index (χ3n) is 4.35. The van der Waals surface area contributed by atoms with Crippen LogP contribution in [0.1, 0.15) is 29.5 Å². The van der Waals surface area contributed by atoms with E-state index in [0.717, 1.165) is 25.3 Å². The average molecular weight is 258 g/mol. The Kier molecular flexibility index (Phi) is 3.31. The van der Waals surface area contributed by atoms with Crippen molar-refractivity contribution in [2.24, 2.45) is 5.92 Å². The van der Waals surface area contributed by atoms with Crippen LogP contribution >= 0.6 is 0 Å². The third-order valence-corrected chi connectivity index (χ3v) is 4.35. The van der Waals surface area contributed by atoms with Crippen LogP contribution in [-0.2, 0) is 11.2 Å². The summed E-state index contributed by atoms with van der Waals surface area (Å²) in [5, 5.41) is 3.43. The Labute approximate surface area is 115 Å². The van der Waals surface area contributed by atoms with Crippen LogP contribution < -0.4 is 10.2 Å². The molecule has 0 aliphatic carbocycles. The van der Waals surface area contributed by atoms with E-state index >= 15 is 0 Å².